The van der Waals surface area contributed by atoms with Crippen molar-refractivity contribution in [2.24, 2.45) is 5.73 Å². The van der Waals surface area contributed by atoms with Crippen LogP contribution in [0.2, 0.25) is 0 Å². The van der Waals surface area contributed by atoms with E-state index in [0.717, 1.165) is 0 Å². The van der Waals surface area contributed by atoms with Gasteiger partial charge >= 0.3 is 0 Å². The van der Waals surface area contributed by atoms with E-state index in [0.29, 0.717) is 5.70 Å². The number of nitrogens with zero attached hydrogens (tertiary/aromatic N) is 1. The summed E-state index contributed by atoms with van der Waals surface area (Å²) in [5.74, 6) is -0.501. The fourth-order valence-corrected chi connectivity index (χ4v) is 0.540. The molecule has 0 heterocycles. The van der Waals surface area contributed by atoms with Crippen molar-refractivity contribution >= 4 is 5.91 Å². The first-order valence-corrected chi connectivity index (χ1v) is 3.13. The molecule has 4 nitrogen and oxygen atoms in total. The summed E-state index contributed by atoms with van der Waals surface area (Å²) in [5.41, 5.74) is 5.35. The third kappa shape index (κ3) is 4.02. The lowest BCUT2D eigenvalue weighted by molar-refractivity contribution is -0.114. The molecular formula is C7H13N3O. The number of primary amides is 1. The number of rotatable bonds is 4. The lowest BCUT2D eigenvalue weighted by Crippen LogP contribution is -2.24. The number of nitrogens with one attached hydrogen (secondary N) is 1. The van der Waals surface area contributed by atoms with Gasteiger partial charge in [-0.15, -0.1) is 0 Å². The highest BCUT2D eigenvalue weighted by molar-refractivity contribution is 5.91. The zero-order chi connectivity index (χ0) is 8.85. The van der Waals surface area contributed by atoms with Crippen molar-refractivity contribution in [3.8, 4) is 0 Å². The van der Waals surface area contributed by atoms with Crippen LogP contribution in [-0.2, 0) is 4.79 Å². The number of hydrogen-bond donors (Lipinski definition) is 2. The minimum absolute atomic E-state index is 0.324. The fourth-order valence-electron chi connectivity index (χ4n) is 0.540. The largest absolute Gasteiger partial charge is 0.382 e. The molecule has 1 amide bonds. The molecule has 0 saturated heterocycles. The molecule has 0 unspecified atom stereocenters. The van der Waals surface area contributed by atoms with Crippen LogP contribution in [0.25, 0.3) is 0 Å². The normalized spacial score (nSPS) is 10.5. The average molecular weight is 155 g/mol. The molecule has 0 fully saturated rings. The highest BCUT2D eigenvalue weighted by Gasteiger charge is 2.00. The minimum atomic E-state index is -0.501. The third-order valence-electron chi connectivity index (χ3n) is 0.910. The molecule has 0 aliphatic carbocycles. The molecule has 62 valence electrons. The summed E-state index contributed by atoms with van der Waals surface area (Å²) >= 11 is 0. The van der Waals surface area contributed by atoms with Crippen molar-refractivity contribution in [1.82, 2.24) is 10.2 Å². The zero-order valence-electron chi connectivity index (χ0n) is 6.79. The number of carbonyl (C=O) groups excluding carboxylic acids is 1. The maximum Gasteiger partial charge on any atom is 0.266 e. The van der Waals surface area contributed by atoms with Gasteiger partial charge in [0.25, 0.3) is 5.91 Å². The van der Waals surface area contributed by atoms with Crippen molar-refractivity contribution in [2.45, 2.75) is 0 Å². The van der Waals surface area contributed by atoms with Gasteiger partial charge in [0.15, 0.2) is 0 Å². The van der Waals surface area contributed by atoms with Crippen molar-refractivity contribution in [3.05, 3.63) is 24.7 Å². The maximum absolute atomic E-state index is 10.6. The molecule has 11 heavy (non-hydrogen) atoms. The van der Waals surface area contributed by atoms with E-state index < -0.39 is 5.91 Å². The van der Waals surface area contributed by atoms with Crippen molar-refractivity contribution in [2.75, 3.05) is 14.1 Å². The van der Waals surface area contributed by atoms with E-state index in [4.69, 9.17) is 5.73 Å². The van der Waals surface area contributed by atoms with Gasteiger partial charge in [-0.2, -0.15) is 0 Å². The molecule has 3 N–H and O–H groups in total. The van der Waals surface area contributed by atoms with Crippen LogP contribution in [0.3, 0.4) is 0 Å². The van der Waals surface area contributed by atoms with Gasteiger partial charge in [-0.05, 0) is 6.20 Å². The summed E-state index contributed by atoms with van der Waals surface area (Å²) in [6, 6.07) is 0. The molecule has 0 aromatic carbocycles. The molecule has 0 rings (SSSR count). The Balaban J connectivity index is 4.32. The molecule has 0 saturated carbocycles. The zero-order valence-corrected chi connectivity index (χ0v) is 6.79. The Bertz CT molecular complexity index is 184. The summed E-state index contributed by atoms with van der Waals surface area (Å²) in [6.45, 7) is 3.41. The van der Waals surface area contributed by atoms with Gasteiger partial charge in [-0.1, -0.05) is 6.58 Å². The smallest absolute Gasteiger partial charge is 0.266 e. The quantitative estimate of drug-likeness (QED) is 0.543. The molecule has 0 atom stereocenters. The molecule has 0 aromatic heterocycles. The predicted molar refractivity (Wildman–Crippen MR) is 44.3 cm³/mol. The average Bonchev–Trinajstić information content (AvgIpc) is 1.86. The molecule has 0 spiro atoms. The van der Waals surface area contributed by atoms with E-state index in [1.165, 1.54) is 6.20 Å². The van der Waals surface area contributed by atoms with Gasteiger partial charge in [0.1, 0.15) is 5.70 Å². The van der Waals surface area contributed by atoms with Crippen LogP contribution in [0.4, 0.5) is 0 Å². The van der Waals surface area contributed by atoms with Crippen molar-refractivity contribution in [3.63, 3.8) is 0 Å². The van der Waals surface area contributed by atoms with Gasteiger partial charge in [0.05, 0.1) is 0 Å². The van der Waals surface area contributed by atoms with E-state index in [-0.39, 0.29) is 0 Å². The molecule has 0 aliphatic heterocycles. The third-order valence-corrected chi connectivity index (χ3v) is 0.910. The second kappa shape index (κ2) is 4.38. The number of hydrogen-bond acceptors (Lipinski definition) is 3. The second-order valence-electron chi connectivity index (χ2n) is 2.22. The van der Waals surface area contributed by atoms with E-state index in [9.17, 15) is 4.79 Å². The Hall–Kier alpha value is -1.45. The van der Waals surface area contributed by atoms with Gasteiger partial charge < -0.3 is 16.0 Å². The van der Waals surface area contributed by atoms with E-state index >= 15 is 0 Å². The second-order valence-corrected chi connectivity index (χ2v) is 2.22. The molecular weight excluding hydrogens is 142 g/mol. The van der Waals surface area contributed by atoms with E-state index in [1.807, 2.05) is 0 Å². The summed E-state index contributed by atoms with van der Waals surface area (Å²) in [7, 11) is 3.60. The standard InChI is InChI=1S/C7H13N3O/c1-4-9-6(7(8)11)5-10(2)3/h4-5,9H,1H2,2-3H3,(H2,8,11)/b6-5-. The topological polar surface area (TPSA) is 58.4 Å². The van der Waals surface area contributed by atoms with Crippen LogP contribution < -0.4 is 11.1 Å². The van der Waals surface area contributed by atoms with Gasteiger partial charge in [-0.3, -0.25) is 4.79 Å². The Morgan fingerprint density at radius 3 is 2.45 bits per heavy atom. The molecule has 0 bridgehead atoms. The molecule has 0 aliphatic rings. The van der Waals surface area contributed by atoms with Gasteiger partial charge in [0, 0.05) is 20.3 Å². The van der Waals surface area contributed by atoms with Crippen LogP contribution in [-0.4, -0.2) is 24.9 Å². The molecule has 0 aromatic rings. The predicted octanol–water partition coefficient (Wildman–Crippen LogP) is -0.392. The molecule has 0 radical (unpaired) electrons. The maximum atomic E-state index is 10.6. The van der Waals surface area contributed by atoms with Gasteiger partial charge in [-0.25, -0.2) is 0 Å². The molecule has 4 heteroatoms. The Morgan fingerprint density at radius 2 is 2.18 bits per heavy atom. The number of nitrogens with two attached hydrogens (primary N) is 1. The van der Waals surface area contributed by atoms with Crippen molar-refractivity contribution in [1.29, 1.82) is 0 Å². The summed E-state index contributed by atoms with van der Waals surface area (Å²) in [6.07, 6.45) is 2.99. The van der Waals surface area contributed by atoms with E-state index in [2.05, 4.69) is 11.9 Å². The van der Waals surface area contributed by atoms with Gasteiger partial charge in [0.2, 0.25) is 0 Å². The Morgan fingerprint density at radius 1 is 1.64 bits per heavy atom. The first kappa shape index (κ1) is 9.55. The minimum Gasteiger partial charge on any atom is -0.382 e. The summed E-state index contributed by atoms with van der Waals surface area (Å²) in [4.78, 5) is 12.4. The number of amides is 1. The summed E-state index contributed by atoms with van der Waals surface area (Å²) < 4.78 is 0. The highest BCUT2D eigenvalue weighted by atomic mass is 16.1. The summed E-state index contributed by atoms with van der Waals surface area (Å²) in [5, 5.41) is 2.62. The van der Waals surface area contributed by atoms with Crippen LogP contribution in [0, 0.1) is 0 Å². The lowest BCUT2D eigenvalue weighted by atomic mass is 10.4. The van der Waals surface area contributed by atoms with Crippen LogP contribution in [0.1, 0.15) is 0 Å². The van der Waals surface area contributed by atoms with Crippen LogP contribution in [0.5, 0.6) is 0 Å². The monoisotopic (exact) mass is 155 g/mol. The van der Waals surface area contributed by atoms with E-state index in [1.54, 1.807) is 25.2 Å². The fraction of sp³-hybridized carbons (Fsp3) is 0.286. The van der Waals surface area contributed by atoms with Crippen LogP contribution >= 0.6 is 0 Å². The number of carbonyl (C=O) groups is 1. The Kier molecular flexibility index (Phi) is 3.80. The highest BCUT2D eigenvalue weighted by Crippen LogP contribution is 1.88. The van der Waals surface area contributed by atoms with Crippen molar-refractivity contribution < 1.29 is 4.79 Å². The first-order chi connectivity index (χ1) is 5.07. The first-order valence-electron chi connectivity index (χ1n) is 3.13. The Labute approximate surface area is 66.4 Å². The lowest BCUT2D eigenvalue weighted by Gasteiger charge is -2.08. The SMILES string of the molecule is C=CN/C(=C\N(C)C)C(N)=O. The van der Waals surface area contributed by atoms with Crippen LogP contribution in [0.15, 0.2) is 24.7 Å².